The molecule has 1 saturated heterocycles. The number of rotatable bonds is 3. The molecule has 3 rings (SSSR count). The Balaban J connectivity index is 1.98. The molecule has 22 heavy (non-hydrogen) atoms. The molecule has 1 amide bonds. The molecule has 0 aliphatic carbocycles. The molecule has 1 aromatic heterocycles. The summed E-state index contributed by atoms with van der Waals surface area (Å²) < 4.78 is 34.3. The van der Waals surface area contributed by atoms with Gasteiger partial charge in [0, 0.05) is 22.4 Å². The molecule has 114 valence electrons. The molecular weight excluding hydrogens is 405 g/mol. The highest BCUT2D eigenvalue weighted by molar-refractivity contribution is 14.1. The summed E-state index contributed by atoms with van der Waals surface area (Å²) in [6, 6.07) is 5.46. The summed E-state index contributed by atoms with van der Waals surface area (Å²) >= 11 is 2.10. The Labute approximate surface area is 139 Å². The number of carbonyl (C=O) groups is 1. The Morgan fingerprint density at radius 1 is 1.36 bits per heavy atom. The number of pyridine rings is 1. The van der Waals surface area contributed by atoms with Crippen LogP contribution in [0.5, 0.6) is 0 Å². The molecule has 1 unspecified atom stereocenters. The number of benzene rings is 1. The standard InChI is InChI=1S/C15H11F2IN2O2/c16-12-4-10(20-8-11(6-18)22-15(20)21)5-13(17)14(12)9-2-1-3-19-7-9/h1-5,7,11H,6,8H2. The van der Waals surface area contributed by atoms with Crippen LogP contribution >= 0.6 is 22.6 Å². The van der Waals surface area contributed by atoms with Gasteiger partial charge < -0.3 is 4.74 Å². The van der Waals surface area contributed by atoms with E-state index in [1.165, 1.54) is 17.3 Å². The smallest absolute Gasteiger partial charge is 0.414 e. The van der Waals surface area contributed by atoms with Gasteiger partial charge in [0.15, 0.2) is 0 Å². The molecule has 2 heterocycles. The Bertz CT molecular complexity index is 689. The first-order valence-corrected chi connectivity index (χ1v) is 8.06. The van der Waals surface area contributed by atoms with Crippen LogP contribution in [0.3, 0.4) is 0 Å². The fourth-order valence-electron chi connectivity index (χ4n) is 2.31. The average molecular weight is 416 g/mol. The van der Waals surface area contributed by atoms with Gasteiger partial charge in [0.05, 0.1) is 17.8 Å². The summed E-state index contributed by atoms with van der Waals surface area (Å²) in [6.07, 6.45) is 2.06. The number of anilines is 1. The van der Waals surface area contributed by atoms with Gasteiger partial charge in [0.25, 0.3) is 0 Å². The maximum absolute atomic E-state index is 14.3. The minimum absolute atomic E-state index is 0.153. The lowest BCUT2D eigenvalue weighted by Crippen LogP contribution is -2.25. The third-order valence-corrected chi connectivity index (χ3v) is 4.32. The molecule has 1 fully saturated rings. The molecule has 0 saturated carbocycles. The Morgan fingerprint density at radius 2 is 2.09 bits per heavy atom. The van der Waals surface area contributed by atoms with E-state index in [1.54, 1.807) is 12.1 Å². The largest absolute Gasteiger partial charge is 0.443 e. The monoisotopic (exact) mass is 416 g/mol. The van der Waals surface area contributed by atoms with E-state index in [1.807, 2.05) is 0 Å². The van der Waals surface area contributed by atoms with Crippen LogP contribution in [0.4, 0.5) is 19.3 Å². The zero-order chi connectivity index (χ0) is 15.7. The number of aromatic nitrogens is 1. The highest BCUT2D eigenvalue weighted by atomic mass is 127. The summed E-state index contributed by atoms with van der Waals surface area (Å²) in [5, 5.41) is 0. The predicted molar refractivity (Wildman–Crippen MR) is 86.1 cm³/mol. The second-order valence-electron chi connectivity index (χ2n) is 4.80. The third kappa shape index (κ3) is 2.77. The highest BCUT2D eigenvalue weighted by Gasteiger charge is 2.32. The molecule has 0 radical (unpaired) electrons. The van der Waals surface area contributed by atoms with Crippen molar-refractivity contribution < 1.29 is 18.3 Å². The van der Waals surface area contributed by atoms with Crippen molar-refractivity contribution in [3.63, 3.8) is 0 Å². The average Bonchev–Trinajstić information content (AvgIpc) is 2.89. The van der Waals surface area contributed by atoms with E-state index in [9.17, 15) is 13.6 Å². The molecule has 1 aliphatic heterocycles. The predicted octanol–water partition coefficient (Wildman–Crippen LogP) is 3.79. The molecule has 1 aromatic carbocycles. The Morgan fingerprint density at radius 3 is 2.64 bits per heavy atom. The Hall–Kier alpha value is -1.77. The van der Waals surface area contributed by atoms with Crippen molar-refractivity contribution in [1.29, 1.82) is 0 Å². The van der Waals surface area contributed by atoms with Crippen molar-refractivity contribution in [2.75, 3.05) is 15.9 Å². The van der Waals surface area contributed by atoms with E-state index in [0.29, 0.717) is 9.99 Å². The summed E-state index contributed by atoms with van der Waals surface area (Å²) in [4.78, 5) is 16.9. The fraction of sp³-hybridized carbons (Fsp3) is 0.200. The van der Waals surface area contributed by atoms with Gasteiger partial charge in [-0.1, -0.05) is 28.7 Å². The van der Waals surface area contributed by atoms with E-state index < -0.39 is 17.7 Å². The molecule has 0 spiro atoms. The molecule has 7 heteroatoms. The van der Waals surface area contributed by atoms with Crippen LogP contribution in [-0.4, -0.2) is 28.2 Å². The summed E-state index contributed by atoms with van der Waals surface area (Å²) in [5.41, 5.74) is 0.341. The molecule has 4 nitrogen and oxygen atoms in total. The topological polar surface area (TPSA) is 42.4 Å². The van der Waals surface area contributed by atoms with Gasteiger partial charge in [0.1, 0.15) is 17.7 Å². The quantitative estimate of drug-likeness (QED) is 0.565. The van der Waals surface area contributed by atoms with E-state index in [4.69, 9.17) is 4.74 Å². The Kier molecular flexibility index (Phi) is 4.23. The van der Waals surface area contributed by atoms with Crippen molar-refractivity contribution in [3.8, 4) is 11.1 Å². The number of nitrogens with zero attached hydrogens (tertiary/aromatic N) is 2. The number of ether oxygens (including phenoxy) is 1. The van der Waals surface area contributed by atoms with Crippen molar-refractivity contribution in [2.45, 2.75) is 6.10 Å². The van der Waals surface area contributed by atoms with Crippen molar-refractivity contribution in [2.24, 2.45) is 0 Å². The normalized spacial score (nSPS) is 17.7. The van der Waals surface area contributed by atoms with Crippen molar-refractivity contribution in [1.82, 2.24) is 4.98 Å². The van der Waals surface area contributed by atoms with E-state index in [2.05, 4.69) is 27.6 Å². The molecule has 0 bridgehead atoms. The minimum Gasteiger partial charge on any atom is -0.443 e. The SMILES string of the molecule is O=C1OC(CI)CN1c1cc(F)c(-c2cccnc2)c(F)c1. The number of carbonyl (C=O) groups excluding carboxylic acids is 1. The second-order valence-corrected chi connectivity index (χ2v) is 5.68. The number of alkyl halides is 1. The third-order valence-electron chi connectivity index (χ3n) is 3.33. The number of hydrogen-bond acceptors (Lipinski definition) is 3. The van der Waals surface area contributed by atoms with Crippen LogP contribution in [0.25, 0.3) is 11.1 Å². The zero-order valence-electron chi connectivity index (χ0n) is 11.3. The summed E-state index contributed by atoms with van der Waals surface area (Å²) in [5.74, 6) is -1.48. The van der Waals surface area contributed by atoms with Crippen LogP contribution in [0.2, 0.25) is 0 Å². The van der Waals surface area contributed by atoms with Gasteiger partial charge in [-0.25, -0.2) is 13.6 Å². The van der Waals surface area contributed by atoms with Gasteiger partial charge in [-0.05, 0) is 18.2 Å². The fourth-order valence-corrected chi connectivity index (χ4v) is 2.77. The number of halogens is 3. The van der Waals surface area contributed by atoms with Crippen LogP contribution in [0.1, 0.15) is 0 Å². The lowest BCUT2D eigenvalue weighted by molar-refractivity contribution is 0.153. The summed E-state index contributed by atoms with van der Waals surface area (Å²) in [7, 11) is 0. The molecule has 0 N–H and O–H groups in total. The van der Waals surface area contributed by atoms with Gasteiger partial charge in [-0.3, -0.25) is 9.88 Å². The van der Waals surface area contributed by atoms with Gasteiger partial charge in [0.2, 0.25) is 0 Å². The van der Waals surface area contributed by atoms with E-state index in [-0.39, 0.29) is 23.9 Å². The molecule has 1 aliphatic rings. The number of amides is 1. The van der Waals surface area contributed by atoms with E-state index in [0.717, 1.165) is 12.1 Å². The first-order chi connectivity index (χ1) is 10.6. The second kappa shape index (κ2) is 6.15. The molecule has 1 atom stereocenters. The van der Waals surface area contributed by atoms with Crippen molar-refractivity contribution in [3.05, 3.63) is 48.3 Å². The zero-order valence-corrected chi connectivity index (χ0v) is 13.5. The first-order valence-electron chi connectivity index (χ1n) is 6.53. The van der Waals surface area contributed by atoms with Crippen molar-refractivity contribution >= 4 is 34.4 Å². The van der Waals surface area contributed by atoms with Crippen LogP contribution in [-0.2, 0) is 4.74 Å². The molecular formula is C15H11F2IN2O2. The maximum Gasteiger partial charge on any atom is 0.414 e. The highest BCUT2D eigenvalue weighted by Crippen LogP contribution is 2.31. The number of hydrogen-bond donors (Lipinski definition) is 0. The van der Waals surface area contributed by atoms with Crippen LogP contribution < -0.4 is 4.90 Å². The molecule has 2 aromatic rings. The lowest BCUT2D eigenvalue weighted by Gasteiger charge is -2.15. The summed E-state index contributed by atoms with van der Waals surface area (Å²) in [6.45, 7) is 0.285. The van der Waals surface area contributed by atoms with Crippen LogP contribution in [0, 0.1) is 11.6 Å². The van der Waals surface area contributed by atoms with Gasteiger partial charge in [-0.2, -0.15) is 0 Å². The maximum atomic E-state index is 14.3. The lowest BCUT2D eigenvalue weighted by atomic mass is 10.1. The van der Waals surface area contributed by atoms with Gasteiger partial charge in [-0.15, -0.1) is 0 Å². The van der Waals surface area contributed by atoms with Crippen LogP contribution in [0.15, 0.2) is 36.7 Å². The van der Waals surface area contributed by atoms with Gasteiger partial charge >= 0.3 is 6.09 Å². The minimum atomic E-state index is -0.742. The first kappa shape index (κ1) is 15.1. The number of cyclic esters (lactones) is 1. The van der Waals surface area contributed by atoms with E-state index >= 15 is 0 Å².